The summed E-state index contributed by atoms with van der Waals surface area (Å²) >= 11 is 0.916. The van der Waals surface area contributed by atoms with Crippen LogP contribution in [0.2, 0.25) is 0 Å². The lowest BCUT2D eigenvalue weighted by atomic mass is 9.95. The molecule has 1 fully saturated rings. The Morgan fingerprint density at radius 2 is 1.91 bits per heavy atom. The maximum absolute atomic E-state index is 14.0. The third-order valence-electron chi connectivity index (χ3n) is 7.31. The van der Waals surface area contributed by atoms with Crippen LogP contribution in [0.25, 0.3) is 0 Å². The predicted molar refractivity (Wildman–Crippen MR) is 171 cm³/mol. The van der Waals surface area contributed by atoms with Gasteiger partial charge < -0.3 is 31.2 Å². The van der Waals surface area contributed by atoms with E-state index >= 15 is 0 Å². The molecule has 0 radical (unpaired) electrons. The van der Waals surface area contributed by atoms with Gasteiger partial charge in [-0.3, -0.25) is 23.2 Å². The van der Waals surface area contributed by atoms with E-state index in [0.717, 1.165) is 21.9 Å². The Labute approximate surface area is 271 Å². The van der Waals surface area contributed by atoms with Crippen molar-refractivity contribution in [1.82, 2.24) is 14.6 Å². The highest BCUT2D eigenvalue weighted by Crippen LogP contribution is 2.47. The molecular weight excluding hydrogens is 641 g/mol. The number of thioether (sulfide) groups is 1. The van der Waals surface area contributed by atoms with Gasteiger partial charge in [-0.15, -0.1) is 0 Å². The highest BCUT2D eigenvalue weighted by Gasteiger charge is 2.57. The lowest BCUT2D eigenvalue weighted by Gasteiger charge is -2.31. The minimum Gasteiger partial charge on any atom is -0.455 e. The molecule has 7 N–H and O–H groups in total. The molecule has 1 saturated heterocycles. The number of esters is 1. The van der Waals surface area contributed by atoms with E-state index in [0.29, 0.717) is 0 Å². The summed E-state index contributed by atoms with van der Waals surface area (Å²) in [5, 5.41) is 23.6. The fraction of sp³-hybridized carbons (Fsp3) is 0.586. The van der Waals surface area contributed by atoms with Crippen LogP contribution in [0.3, 0.4) is 0 Å². The second-order valence-electron chi connectivity index (χ2n) is 12.0. The van der Waals surface area contributed by atoms with Crippen LogP contribution in [0.1, 0.15) is 46.4 Å². The Bertz CT molecular complexity index is 1440. The van der Waals surface area contributed by atoms with Crippen LogP contribution in [-0.4, -0.2) is 80.3 Å². The van der Waals surface area contributed by atoms with E-state index in [1.807, 2.05) is 6.07 Å². The molecule has 46 heavy (non-hydrogen) atoms. The largest absolute Gasteiger partial charge is 0.455 e. The molecule has 15 nitrogen and oxygen atoms in total. The molecule has 0 spiro atoms. The summed E-state index contributed by atoms with van der Waals surface area (Å²) in [7, 11) is -4.14. The topological polar surface area (TPSA) is 228 Å². The summed E-state index contributed by atoms with van der Waals surface area (Å²) in [6.07, 6.45) is -2.83. The first kappa shape index (κ1) is 37.8. The average molecular weight is 686 g/mol. The van der Waals surface area contributed by atoms with Gasteiger partial charge in [-0.25, -0.2) is 14.4 Å². The van der Waals surface area contributed by atoms with E-state index in [1.54, 1.807) is 52.0 Å². The van der Waals surface area contributed by atoms with Crippen molar-refractivity contribution in [2.45, 2.75) is 71.2 Å². The predicted octanol–water partition coefficient (Wildman–Crippen LogP) is 1.58. The van der Waals surface area contributed by atoms with Gasteiger partial charge in [0.15, 0.2) is 17.4 Å². The number of nitrogens with zero attached hydrogens (tertiary/aromatic N) is 2. The molecule has 1 aliphatic rings. The summed E-state index contributed by atoms with van der Waals surface area (Å²) in [6, 6.07) is 9.34. The van der Waals surface area contributed by atoms with Crippen molar-refractivity contribution in [2.75, 3.05) is 31.3 Å². The lowest BCUT2D eigenvalue weighted by Crippen LogP contribution is -2.51. The highest BCUT2D eigenvalue weighted by atomic mass is 32.2. The first-order chi connectivity index (χ1) is 21.5. The van der Waals surface area contributed by atoms with Gasteiger partial charge in [-0.1, -0.05) is 55.9 Å². The number of hydrogen-bond acceptors (Lipinski definition) is 14. The first-order valence-electron chi connectivity index (χ1n) is 14.7. The molecule has 2 heterocycles. The molecule has 3 rings (SSSR count). The number of aliphatic hydroxyl groups is 2. The van der Waals surface area contributed by atoms with Crippen LogP contribution < -0.4 is 22.2 Å². The van der Waals surface area contributed by atoms with Gasteiger partial charge in [0, 0.05) is 18.5 Å². The van der Waals surface area contributed by atoms with Crippen LogP contribution in [0, 0.1) is 11.3 Å². The summed E-state index contributed by atoms with van der Waals surface area (Å²) in [4.78, 5) is 41.7. The number of carbonyl (C=O) groups excluding carboxylic acids is 2. The smallest absolute Gasteiger partial charge is 0.405 e. The fourth-order valence-electron chi connectivity index (χ4n) is 4.28. The zero-order valence-corrected chi connectivity index (χ0v) is 28.2. The number of benzene rings is 1. The Kier molecular flexibility index (Phi) is 13.1. The highest BCUT2D eigenvalue weighted by molar-refractivity contribution is 8.13. The third kappa shape index (κ3) is 9.69. The number of ether oxygens (including phenoxy) is 2. The van der Waals surface area contributed by atoms with Gasteiger partial charge in [0.2, 0.25) is 0 Å². The maximum atomic E-state index is 14.0. The molecule has 17 heteroatoms. The maximum Gasteiger partial charge on any atom is 0.405 e. The van der Waals surface area contributed by atoms with Gasteiger partial charge in [-0.05, 0) is 38.3 Å². The van der Waals surface area contributed by atoms with Crippen LogP contribution in [-0.2, 0) is 39.2 Å². The van der Waals surface area contributed by atoms with Crippen LogP contribution in [0.5, 0.6) is 0 Å². The number of carbonyl (C=O) groups is 2. The van der Waals surface area contributed by atoms with Crippen molar-refractivity contribution in [3.05, 3.63) is 58.6 Å². The van der Waals surface area contributed by atoms with Crippen molar-refractivity contribution in [1.29, 1.82) is 0 Å². The minimum atomic E-state index is -4.14. The molecule has 1 aromatic carbocycles. The number of nitrogen functional groups attached to an aromatic ring is 1. The molecule has 2 aromatic rings. The third-order valence-corrected chi connectivity index (χ3v) is 10.1. The molecule has 256 valence electrons. The number of hydrogen-bond donors (Lipinski definition) is 5. The van der Waals surface area contributed by atoms with E-state index in [-0.39, 0.29) is 42.4 Å². The number of anilines is 1. The van der Waals surface area contributed by atoms with Crippen molar-refractivity contribution in [3.63, 3.8) is 0 Å². The summed E-state index contributed by atoms with van der Waals surface area (Å²) in [6.45, 7) is 7.02. The van der Waals surface area contributed by atoms with Crippen molar-refractivity contribution >= 4 is 36.4 Å². The fourth-order valence-corrected chi connectivity index (χ4v) is 6.52. The molecule has 0 amide bonds. The number of aromatic nitrogens is 2. The van der Waals surface area contributed by atoms with Crippen molar-refractivity contribution in [2.24, 2.45) is 17.1 Å². The van der Waals surface area contributed by atoms with Crippen LogP contribution in [0.15, 0.2) is 47.4 Å². The normalized spacial score (nSPS) is 23.6. The average Bonchev–Trinajstić information content (AvgIpc) is 3.25. The van der Waals surface area contributed by atoms with E-state index in [9.17, 15) is 29.2 Å². The van der Waals surface area contributed by atoms with Crippen molar-refractivity contribution in [3.8, 4) is 0 Å². The van der Waals surface area contributed by atoms with Gasteiger partial charge in [0.25, 0.3) is 0 Å². The Hall–Kier alpha value is -2.66. The van der Waals surface area contributed by atoms with E-state index in [1.165, 1.54) is 19.2 Å². The number of aliphatic hydroxyl groups excluding tert-OH is 1. The molecule has 1 aromatic heterocycles. The monoisotopic (exact) mass is 685 g/mol. The molecular formula is C29H44N5O10PS. The van der Waals surface area contributed by atoms with Crippen LogP contribution in [0.4, 0.5) is 5.82 Å². The number of nitrogens with one attached hydrogen (secondary N) is 1. The second-order valence-corrected chi connectivity index (χ2v) is 14.9. The minimum absolute atomic E-state index is 0.0491. The standard InChI is InChI=1S/C29H44N5O10PS/c1-18(2)22(31)24(36)44-23-20(43-25(29(23,5)39)34-12-11-21(30)33-27(34)38)16-42-45(40,32-15-19-9-7-6-8-10-19)41-13-14-46-26(37)28(3,4)17-35/h6-12,18,20,22-23,25,35,39H,13-17,31H2,1-5H3,(H,32,40)(H2,30,33,38)/t20-,22?,23-,25-,29-,45?/m1/s1. The molecule has 0 bridgehead atoms. The molecule has 0 aliphatic carbocycles. The lowest BCUT2D eigenvalue weighted by molar-refractivity contribution is -0.166. The van der Waals surface area contributed by atoms with Crippen LogP contribution >= 0.6 is 19.5 Å². The summed E-state index contributed by atoms with van der Waals surface area (Å²) < 4.78 is 38.0. The van der Waals surface area contributed by atoms with E-state index in [2.05, 4.69) is 10.1 Å². The Morgan fingerprint density at radius 1 is 1.24 bits per heavy atom. The summed E-state index contributed by atoms with van der Waals surface area (Å²) in [5.74, 6) is -1.06. The zero-order chi connectivity index (χ0) is 34.3. The Balaban J connectivity index is 1.84. The van der Waals surface area contributed by atoms with Gasteiger partial charge in [0.1, 0.15) is 23.6 Å². The number of rotatable bonds is 16. The molecule has 1 aliphatic heterocycles. The zero-order valence-electron chi connectivity index (χ0n) is 26.5. The second kappa shape index (κ2) is 16.0. The van der Waals surface area contributed by atoms with Gasteiger partial charge >= 0.3 is 19.4 Å². The van der Waals surface area contributed by atoms with Crippen molar-refractivity contribution < 1.29 is 42.9 Å². The molecule has 2 unspecified atom stereocenters. The van der Waals surface area contributed by atoms with E-state index < -0.39 is 61.5 Å². The quantitative estimate of drug-likeness (QED) is 0.0960. The Morgan fingerprint density at radius 3 is 2.52 bits per heavy atom. The summed E-state index contributed by atoms with van der Waals surface area (Å²) in [5.41, 5.74) is 8.59. The van der Waals surface area contributed by atoms with Gasteiger partial charge in [0.05, 0.1) is 25.2 Å². The molecule has 6 atom stereocenters. The SMILES string of the molecule is CC(C)C(N)C(=O)O[C@@H]1[C@@H](COP(=O)(NCc2ccccc2)OCCSC(=O)C(C)(C)CO)O[C@@H](n2ccc(N)nc2=O)[C@]1(C)O. The first-order valence-corrected chi connectivity index (χ1v) is 17.2. The van der Waals surface area contributed by atoms with E-state index in [4.69, 9.17) is 30.0 Å². The number of nitrogens with two attached hydrogens (primary N) is 2. The van der Waals surface area contributed by atoms with Gasteiger partial charge in [-0.2, -0.15) is 4.98 Å². The molecule has 0 saturated carbocycles.